The minimum absolute atomic E-state index is 0.210. The Hall–Kier alpha value is -2.13. The van der Waals surface area contributed by atoms with Gasteiger partial charge in [-0.05, 0) is 24.3 Å². The van der Waals surface area contributed by atoms with Gasteiger partial charge in [0, 0.05) is 11.3 Å². The highest BCUT2D eigenvalue weighted by Crippen LogP contribution is 2.10. The molecule has 9 heteroatoms. The van der Waals surface area contributed by atoms with Gasteiger partial charge >= 0.3 is 5.97 Å². The predicted octanol–water partition coefficient (Wildman–Crippen LogP) is -0.767. The molecule has 0 spiro atoms. The summed E-state index contributed by atoms with van der Waals surface area (Å²) in [6.07, 6.45) is -0.675. The largest absolute Gasteiger partial charge is 0.479 e. The molecule has 0 aliphatic rings. The minimum atomic E-state index is -3.39. The van der Waals surface area contributed by atoms with Gasteiger partial charge in [0.1, 0.15) is 0 Å². The first-order valence-electron chi connectivity index (χ1n) is 5.46. The molecule has 8 nitrogen and oxygen atoms in total. The molecule has 0 aliphatic heterocycles. The summed E-state index contributed by atoms with van der Waals surface area (Å²) in [6.45, 7) is -0.419. The molecular formula is C11H14N2O6S. The summed E-state index contributed by atoms with van der Waals surface area (Å²) in [5.41, 5.74) is 0.510. The van der Waals surface area contributed by atoms with E-state index >= 15 is 0 Å². The van der Waals surface area contributed by atoms with E-state index in [-0.39, 0.29) is 5.56 Å². The van der Waals surface area contributed by atoms with Crippen LogP contribution in [0.15, 0.2) is 24.3 Å². The number of carbonyl (C=O) groups is 2. The van der Waals surface area contributed by atoms with Gasteiger partial charge in [0.2, 0.25) is 10.0 Å². The van der Waals surface area contributed by atoms with E-state index < -0.39 is 34.5 Å². The monoisotopic (exact) mass is 302 g/mol. The van der Waals surface area contributed by atoms with Crippen molar-refractivity contribution in [1.82, 2.24) is 5.32 Å². The standard InChI is InChI=1S/C11H14N2O6S/c1-20(18,19)13-8-4-2-7(3-5-8)10(15)12-6-9(14)11(16)17/h2-5,9,13-14H,6H2,1H3,(H,12,15)(H,16,17)/t9-/m0/s1. The molecule has 4 N–H and O–H groups in total. The van der Waals surface area contributed by atoms with Crippen molar-refractivity contribution >= 4 is 27.6 Å². The number of aliphatic hydroxyl groups excluding tert-OH is 1. The molecule has 0 fully saturated rings. The molecule has 0 radical (unpaired) electrons. The lowest BCUT2D eigenvalue weighted by molar-refractivity contribution is -0.146. The highest BCUT2D eigenvalue weighted by Gasteiger charge is 2.14. The van der Waals surface area contributed by atoms with Crippen LogP contribution in [-0.4, -0.2) is 49.4 Å². The van der Waals surface area contributed by atoms with Gasteiger partial charge in [-0.2, -0.15) is 0 Å². The molecule has 1 amide bonds. The second kappa shape index (κ2) is 6.35. The van der Waals surface area contributed by atoms with Gasteiger partial charge < -0.3 is 15.5 Å². The maximum Gasteiger partial charge on any atom is 0.334 e. The molecule has 0 aromatic heterocycles. The van der Waals surface area contributed by atoms with Crippen molar-refractivity contribution in [2.75, 3.05) is 17.5 Å². The Morgan fingerprint density at radius 3 is 2.25 bits per heavy atom. The lowest BCUT2D eigenvalue weighted by Gasteiger charge is -2.08. The fourth-order valence-corrected chi connectivity index (χ4v) is 1.85. The van der Waals surface area contributed by atoms with Gasteiger partial charge in [-0.15, -0.1) is 0 Å². The number of carboxylic acid groups (broad SMARTS) is 1. The van der Waals surface area contributed by atoms with Gasteiger partial charge in [0.25, 0.3) is 5.91 Å². The maximum absolute atomic E-state index is 11.6. The molecule has 0 saturated heterocycles. The number of aliphatic hydroxyl groups is 1. The Morgan fingerprint density at radius 2 is 1.80 bits per heavy atom. The van der Waals surface area contributed by atoms with E-state index in [2.05, 4.69) is 10.0 Å². The molecule has 1 aromatic rings. The molecule has 1 aromatic carbocycles. The number of sulfonamides is 1. The van der Waals surface area contributed by atoms with E-state index in [9.17, 15) is 18.0 Å². The van der Waals surface area contributed by atoms with E-state index in [1.54, 1.807) is 0 Å². The fraction of sp³-hybridized carbons (Fsp3) is 0.273. The predicted molar refractivity (Wildman–Crippen MR) is 70.9 cm³/mol. The van der Waals surface area contributed by atoms with Crippen molar-refractivity contribution in [3.8, 4) is 0 Å². The third-order valence-electron chi connectivity index (χ3n) is 2.19. The topological polar surface area (TPSA) is 133 Å². The lowest BCUT2D eigenvalue weighted by atomic mass is 10.2. The fourth-order valence-electron chi connectivity index (χ4n) is 1.28. The summed E-state index contributed by atoms with van der Waals surface area (Å²) < 4.78 is 24.2. The first-order chi connectivity index (χ1) is 9.19. The minimum Gasteiger partial charge on any atom is -0.479 e. The molecule has 0 bridgehead atoms. The van der Waals surface area contributed by atoms with E-state index in [0.717, 1.165) is 6.26 Å². The number of carboxylic acids is 1. The molecule has 0 heterocycles. The third-order valence-corrected chi connectivity index (χ3v) is 2.80. The SMILES string of the molecule is CS(=O)(=O)Nc1ccc(C(=O)NC[C@H](O)C(=O)O)cc1. The van der Waals surface area contributed by atoms with Gasteiger partial charge in [0.15, 0.2) is 6.10 Å². The normalized spacial score (nSPS) is 12.5. The zero-order valence-electron chi connectivity index (χ0n) is 10.5. The Bertz CT molecular complexity index is 596. The first kappa shape index (κ1) is 15.9. The number of anilines is 1. The van der Waals surface area contributed by atoms with Crippen LogP contribution in [0.25, 0.3) is 0 Å². The summed E-state index contributed by atoms with van der Waals surface area (Å²) in [6, 6.07) is 5.53. The second-order valence-electron chi connectivity index (χ2n) is 4.02. The third kappa shape index (κ3) is 5.24. The highest BCUT2D eigenvalue weighted by atomic mass is 32.2. The van der Waals surface area contributed by atoms with Crippen LogP contribution in [0.5, 0.6) is 0 Å². The molecule has 1 atom stereocenters. The van der Waals surface area contributed by atoms with Crippen LogP contribution >= 0.6 is 0 Å². The zero-order chi connectivity index (χ0) is 15.3. The second-order valence-corrected chi connectivity index (χ2v) is 5.76. The van der Waals surface area contributed by atoms with E-state index in [1.165, 1.54) is 24.3 Å². The number of carbonyl (C=O) groups excluding carboxylic acids is 1. The van der Waals surface area contributed by atoms with Crippen molar-refractivity contribution in [2.45, 2.75) is 6.10 Å². The lowest BCUT2D eigenvalue weighted by Crippen LogP contribution is -2.36. The number of amides is 1. The van der Waals surface area contributed by atoms with E-state index in [1.807, 2.05) is 0 Å². The van der Waals surface area contributed by atoms with E-state index in [4.69, 9.17) is 10.2 Å². The number of nitrogens with one attached hydrogen (secondary N) is 2. The molecular weight excluding hydrogens is 288 g/mol. The summed E-state index contributed by atoms with van der Waals surface area (Å²) in [5.74, 6) is -2.01. The Morgan fingerprint density at radius 1 is 1.25 bits per heavy atom. The Labute approximate surface area is 115 Å². The highest BCUT2D eigenvalue weighted by molar-refractivity contribution is 7.92. The van der Waals surface area contributed by atoms with Gasteiger partial charge in [-0.25, -0.2) is 13.2 Å². The number of rotatable bonds is 6. The zero-order valence-corrected chi connectivity index (χ0v) is 11.3. The van der Waals surface area contributed by atoms with Crippen LogP contribution in [0.2, 0.25) is 0 Å². The molecule has 110 valence electrons. The maximum atomic E-state index is 11.6. The molecule has 20 heavy (non-hydrogen) atoms. The number of hydrogen-bond acceptors (Lipinski definition) is 5. The van der Waals surface area contributed by atoms with Crippen LogP contribution in [-0.2, 0) is 14.8 Å². The van der Waals surface area contributed by atoms with Crippen LogP contribution in [0.1, 0.15) is 10.4 Å². The summed E-state index contributed by atoms with van der Waals surface area (Å²) in [4.78, 5) is 22.0. The van der Waals surface area contributed by atoms with Crippen molar-refractivity contribution < 1.29 is 28.2 Å². The van der Waals surface area contributed by atoms with Crippen LogP contribution in [0.4, 0.5) is 5.69 Å². The molecule has 0 saturated carbocycles. The molecule has 1 rings (SSSR count). The average molecular weight is 302 g/mol. The Kier molecular flexibility index (Phi) is 5.06. The molecule has 0 unspecified atom stereocenters. The number of aliphatic carboxylic acids is 1. The number of hydrogen-bond donors (Lipinski definition) is 4. The van der Waals surface area contributed by atoms with Crippen LogP contribution in [0, 0.1) is 0 Å². The average Bonchev–Trinajstić information content (AvgIpc) is 2.34. The smallest absolute Gasteiger partial charge is 0.334 e. The number of benzene rings is 1. The van der Waals surface area contributed by atoms with Gasteiger partial charge in [-0.1, -0.05) is 0 Å². The van der Waals surface area contributed by atoms with Gasteiger partial charge in [-0.3, -0.25) is 9.52 Å². The summed E-state index contributed by atoms with van der Waals surface area (Å²) in [7, 11) is -3.39. The molecule has 0 aliphatic carbocycles. The van der Waals surface area contributed by atoms with E-state index in [0.29, 0.717) is 5.69 Å². The first-order valence-corrected chi connectivity index (χ1v) is 7.35. The summed E-state index contributed by atoms with van der Waals surface area (Å²) in [5, 5.41) is 19.7. The van der Waals surface area contributed by atoms with Gasteiger partial charge in [0.05, 0.1) is 12.8 Å². The summed E-state index contributed by atoms with van der Waals surface area (Å²) >= 11 is 0. The van der Waals surface area contributed by atoms with Crippen molar-refractivity contribution in [1.29, 1.82) is 0 Å². The van der Waals surface area contributed by atoms with Crippen LogP contribution in [0.3, 0.4) is 0 Å². The Balaban J connectivity index is 2.64. The van der Waals surface area contributed by atoms with Crippen molar-refractivity contribution in [2.24, 2.45) is 0 Å². The quantitative estimate of drug-likeness (QED) is 0.545. The van der Waals surface area contributed by atoms with Crippen molar-refractivity contribution in [3.05, 3.63) is 29.8 Å². The van der Waals surface area contributed by atoms with Crippen LogP contribution < -0.4 is 10.0 Å². The van der Waals surface area contributed by atoms with Crippen molar-refractivity contribution in [3.63, 3.8) is 0 Å².